The van der Waals surface area contributed by atoms with E-state index in [1.54, 1.807) is 0 Å². The van der Waals surface area contributed by atoms with Crippen molar-refractivity contribution in [1.82, 2.24) is 21.3 Å². The van der Waals surface area contributed by atoms with Crippen molar-refractivity contribution < 1.29 is 0 Å². The van der Waals surface area contributed by atoms with Gasteiger partial charge in [0.2, 0.25) is 0 Å². The third-order valence-electron chi connectivity index (χ3n) is 6.50. The van der Waals surface area contributed by atoms with Crippen molar-refractivity contribution in [2.75, 3.05) is 13.1 Å². The van der Waals surface area contributed by atoms with Crippen LogP contribution in [0.2, 0.25) is 0 Å². The van der Waals surface area contributed by atoms with Gasteiger partial charge in [-0.15, -0.1) is 0 Å². The third-order valence-corrected chi connectivity index (χ3v) is 6.50. The van der Waals surface area contributed by atoms with Gasteiger partial charge >= 0.3 is 0 Å². The first-order valence-electron chi connectivity index (χ1n) is 10.7. The second-order valence-electron chi connectivity index (χ2n) is 8.62. The Bertz CT molecular complexity index is 328. The Morgan fingerprint density at radius 3 is 1.29 bits per heavy atom. The molecule has 6 atom stereocenters. The summed E-state index contributed by atoms with van der Waals surface area (Å²) in [5.41, 5.74) is 0. The minimum Gasteiger partial charge on any atom is -0.312 e. The average molecular weight is 337 g/mol. The van der Waals surface area contributed by atoms with Gasteiger partial charge in [-0.2, -0.15) is 0 Å². The highest BCUT2D eigenvalue weighted by Crippen LogP contribution is 2.21. The summed E-state index contributed by atoms with van der Waals surface area (Å²) >= 11 is 0. The smallest absolute Gasteiger partial charge is 0.0223 e. The summed E-state index contributed by atoms with van der Waals surface area (Å²) in [4.78, 5) is 0. The van der Waals surface area contributed by atoms with Crippen LogP contribution in [0.25, 0.3) is 0 Å². The molecule has 4 N–H and O–H groups in total. The lowest BCUT2D eigenvalue weighted by molar-refractivity contribution is 0.234. The van der Waals surface area contributed by atoms with Crippen LogP contribution in [0.3, 0.4) is 0 Å². The van der Waals surface area contributed by atoms with Gasteiger partial charge in [-0.3, -0.25) is 0 Å². The van der Waals surface area contributed by atoms with Crippen molar-refractivity contribution >= 4 is 0 Å². The van der Waals surface area contributed by atoms with Crippen LogP contribution in [0.4, 0.5) is 0 Å². The van der Waals surface area contributed by atoms with E-state index in [1.807, 2.05) is 0 Å². The molecular weight excluding hydrogens is 296 g/mol. The van der Waals surface area contributed by atoms with Crippen LogP contribution in [0.1, 0.15) is 78.1 Å². The zero-order valence-corrected chi connectivity index (χ0v) is 15.9. The lowest BCUT2D eigenvalue weighted by atomic mass is 9.88. The molecule has 1 heterocycles. The van der Waals surface area contributed by atoms with Crippen molar-refractivity contribution in [2.24, 2.45) is 0 Å². The summed E-state index contributed by atoms with van der Waals surface area (Å²) in [6, 6.07) is 3.91. The molecule has 140 valence electrons. The number of hydrogen-bond donors (Lipinski definition) is 4. The maximum absolute atomic E-state index is 3.94. The summed E-state index contributed by atoms with van der Waals surface area (Å²) in [5.74, 6) is 0. The van der Waals surface area contributed by atoms with E-state index in [0.717, 1.165) is 13.1 Å². The summed E-state index contributed by atoms with van der Waals surface area (Å²) in [5, 5.41) is 15.6. The van der Waals surface area contributed by atoms with E-state index in [1.165, 1.54) is 64.2 Å². The van der Waals surface area contributed by atoms with Crippen LogP contribution >= 0.6 is 0 Å². The molecule has 0 aromatic rings. The molecule has 0 aromatic carbocycles. The van der Waals surface area contributed by atoms with E-state index >= 15 is 0 Å². The van der Waals surface area contributed by atoms with Crippen molar-refractivity contribution in [3.05, 3.63) is 0 Å². The monoisotopic (exact) mass is 336 g/mol. The number of rotatable bonds is 0. The number of fused-ring (bicyclic) bond motifs is 2. The Morgan fingerprint density at radius 2 is 0.875 bits per heavy atom. The zero-order chi connectivity index (χ0) is 16.8. The average Bonchev–Trinajstić information content (AvgIpc) is 2.57. The summed E-state index contributed by atoms with van der Waals surface area (Å²) < 4.78 is 0. The second-order valence-corrected chi connectivity index (χ2v) is 8.62. The van der Waals surface area contributed by atoms with E-state index in [-0.39, 0.29) is 0 Å². The van der Waals surface area contributed by atoms with E-state index in [4.69, 9.17) is 0 Å². The lowest BCUT2D eigenvalue weighted by Crippen LogP contribution is -2.56. The quantitative estimate of drug-likeness (QED) is 0.549. The summed E-state index contributed by atoms with van der Waals surface area (Å²) in [7, 11) is 0. The topological polar surface area (TPSA) is 48.1 Å². The second kappa shape index (κ2) is 9.51. The van der Waals surface area contributed by atoms with Crippen LogP contribution < -0.4 is 21.3 Å². The predicted octanol–water partition coefficient (Wildman–Crippen LogP) is 2.54. The Kier molecular flexibility index (Phi) is 7.38. The predicted molar refractivity (Wildman–Crippen MR) is 103 cm³/mol. The first kappa shape index (κ1) is 18.6. The highest BCUT2D eigenvalue weighted by molar-refractivity contribution is 4.91. The standard InChI is InChI=1S/C20H40N4/c1-15-11-13-21-18-8-4-6-10-20(18)24-16(2)12-14-22-17-7-3-5-9-19(17)23-15/h15-24H,3-14H2,1-2H3/t15-,16+,17?,18?,19?,20?. The van der Waals surface area contributed by atoms with Crippen molar-refractivity contribution in [1.29, 1.82) is 0 Å². The Morgan fingerprint density at radius 1 is 0.500 bits per heavy atom. The van der Waals surface area contributed by atoms with Gasteiger partial charge in [-0.1, -0.05) is 25.7 Å². The number of hydrogen-bond acceptors (Lipinski definition) is 4. The van der Waals surface area contributed by atoms with Crippen molar-refractivity contribution in [3.8, 4) is 0 Å². The molecule has 4 nitrogen and oxygen atoms in total. The van der Waals surface area contributed by atoms with E-state index in [0.29, 0.717) is 36.3 Å². The molecule has 0 radical (unpaired) electrons. The van der Waals surface area contributed by atoms with Crippen LogP contribution in [0.15, 0.2) is 0 Å². The Hall–Kier alpha value is -0.160. The molecule has 1 aliphatic heterocycles. The fourth-order valence-corrected chi connectivity index (χ4v) is 5.02. The third kappa shape index (κ3) is 5.42. The molecule has 24 heavy (non-hydrogen) atoms. The molecule has 4 unspecified atom stereocenters. The molecule has 2 saturated carbocycles. The van der Waals surface area contributed by atoms with E-state index in [9.17, 15) is 0 Å². The van der Waals surface area contributed by atoms with Gasteiger partial charge in [-0.25, -0.2) is 0 Å². The van der Waals surface area contributed by atoms with Crippen LogP contribution in [-0.2, 0) is 0 Å². The van der Waals surface area contributed by atoms with Gasteiger partial charge < -0.3 is 21.3 Å². The first-order chi connectivity index (χ1) is 11.7. The van der Waals surface area contributed by atoms with Gasteiger partial charge in [0.05, 0.1) is 0 Å². The number of nitrogens with one attached hydrogen (secondary N) is 4. The van der Waals surface area contributed by atoms with Crippen LogP contribution in [0, 0.1) is 0 Å². The minimum absolute atomic E-state index is 0.613. The Balaban J connectivity index is 1.60. The molecule has 0 amide bonds. The fourth-order valence-electron chi connectivity index (χ4n) is 5.02. The summed E-state index contributed by atoms with van der Waals surface area (Å²) in [6.07, 6.45) is 13.4. The minimum atomic E-state index is 0.613. The molecular formula is C20H40N4. The maximum atomic E-state index is 3.94. The van der Waals surface area contributed by atoms with Crippen LogP contribution in [-0.4, -0.2) is 49.3 Å². The van der Waals surface area contributed by atoms with Gasteiger partial charge in [0.1, 0.15) is 0 Å². The molecule has 3 rings (SSSR count). The molecule has 3 aliphatic rings. The normalized spacial score (nSPS) is 43.2. The lowest BCUT2D eigenvalue weighted by Gasteiger charge is -2.38. The highest BCUT2D eigenvalue weighted by atomic mass is 15.1. The molecule has 0 aromatic heterocycles. The molecule has 3 fully saturated rings. The van der Waals surface area contributed by atoms with E-state index < -0.39 is 0 Å². The highest BCUT2D eigenvalue weighted by Gasteiger charge is 2.28. The first-order valence-corrected chi connectivity index (χ1v) is 10.7. The Labute approximate surface area is 149 Å². The summed E-state index contributed by atoms with van der Waals surface area (Å²) in [6.45, 7) is 7.04. The fraction of sp³-hybridized carbons (Fsp3) is 1.00. The molecule has 0 spiro atoms. The van der Waals surface area contributed by atoms with Crippen LogP contribution in [0.5, 0.6) is 0 Å². The van der Waals surface area contributed by atoms with Gasteiger partial charge in [0, 0.05) is 36.3 Å². The van der Waals surface area contributed by atoms with Gasteiger partial charge in [0.15, 0.2) is 0 Å². The molecule has 2 aliphatic carbocycles. The van der Waals surface area contributed by atoms with Crippen molar-refractivity contribution in [2.45, 2.75) is 114 Å². The zero-order valence-electron chi connectivity index (χ0n) is 15.9. The molecule has 4 heteroatoms. The molecule has 0 bridgehead atoms. The maximum Gasteiger partial charge on any atom is 0.0223 e. The SMILES string of the molecule is C[C@@H]1CCNC2CCCCC2N[C@@H](C)CCNC2CCCCC2N1. The largest absolute Gasteiger partial charge is 0.312 e. The van der Waals surface area contributed by atoms with Gasteiger partial charge in [-0.05, 0) is 65.5 Å². The van der Waals surface area contributed by atoms with Crippen molar-refractivity contribution in [3.63, 3.8) is 0 Å². The van der Waals surface area contributed by atoms with Gasteiger partial charge in [0.25, 0.3) is 0 Å². The molecule has 1 saturated heterocycles. The van der Waals surface area contributed by atoms with E-state index in [2.05, 4.69) is 35.1 Å².